The van der Waals surface area contributed by atoms with Gasteiger partial charge < -0.3 is 9.84 Å². The molecule has 0 spiro atoms. The van der Waals surface area contributed by atoms with Gasteiger partial charge in [0.2, 0.25) is 0 Å². The Kier molecular flexibility index (Phi) is 4.69. The summed E-state index contributed by atoms with van der Waals surface area (Å²) >= 11 is 0. The molecule has 0 fully saturated rings. The predicted molar refractivity (Wildman–Crippen MR) is 66.4 cm³/mol. The summed E-state index contributed by atoms with van der Waals surface area (Å²) in [5.74, 6) is -0.229. The van der Waals surface area contributed by atoms with Crippen molar-refractivity contribution in [1.82, 2.24) is 0 Å². The summed E-state index contributed by atoms with van der Waals surface area (Å²) in [5.41, 5.74) is 0.580. The Balaban J connectivity index is 2.65. The number of aliphatic imine (C=N–C) groups is 1. The molecule has 1 atom stereocenters. The zero-order valence-corrected chi connectivity index (χ0v) is 10.3. The normalized spacial score (nSPS) is 12.9. The number of nitrogens with zero attached hydrogens (tertiary/aromatic N) is 1. The summed E-state index contributed by atoms with van der Waals surface area (Å²) in [7, 11) is 0. The average molecular weight is 235 g/mol. The van der Waals surface area contributed by atoms with E-state index in [2.05, 4.69) is 4.99 Å². The molecule has 1 aromatic carbocycles. The Morgan fingerprint density at radius 2 is 2.00 bits per heavy atom. The molecule has 0 aliphatic heterocycles. The molecule has 1 aromatic rings. The number of para-hydroxylation sites is 1. The van der Waals surface area contributed by atoms with Crippen molar-refractivity contribution in [1.29, 1.82) is 0 Å². The summed E-state index contributed by atoms with van der Waals surface area (Å²) < 4.78 is 5.02. The first-order chi connectivity index (χ1) is 8.00. The van der Waals surface area contributed by atoms with E-state index in [1.54, 1.807) is 45.0 Å². The minimum Gasteiger partial charge on any atom is -0.507 e. The van der Waals surface area contributed by atoms with Crippen LogP contribution in [0.5, 0.6) is 5.75 Å². The second-order valence-electron chi connectivity index (χ2n) is 4.00. The number of hydrogen-bond acceptors (Lipinski definition) is 4. The lowest BCUT2D eigenvalue weighted by molar-refractivity contribution is -0.148. The topological polar surface area (TPSA) is 58.9 Å². The van der Waals surface area contributed by atoms with E-state index in [9.17, 15) is 9.90 Å². The SMILES string of the molecule is CC(C)OC(=O)C(C)N=Cc1ccccc1O. The maximum Gasteiger partial charge on any atom is 0.330 e. The predicted octanol–water partition coefficient (Wildman–Crippen LogP) is 2.15. The van der Waals surface area contributed by atoms with Gasteiger partial charge >= 0.3 is 5.97 Å². The molecule has 4 nitrogen and oxygen atoms in total. The molecule has 17 heavy (non-hydrogen) atoms. The fourth-order valence-corrected chi connectivity index (χ4v) is 1.18. The largest absolute Gasteiger partial charge is 0.507 e. The van der Waals surface area contributed by atoms with Crippen LogP contribution in [-0.4, -0.2) is 29.4 Å². The van der Waals surface area contributed by atoms with Crippen LogP contribution < -0.4 is 0 Å². The number of phenolic OH excluding ortho intramolecular Hbond substituents is 1. The van der Waals surface area contributed by atoms with E-state index < -0.39 is 6.04 Å². The van der Waals surface area contributed by atoms with Crippen LogP contribution >= 0.6 is 0 Å². The first kappa shape index (κ1) is 13.2. The minimum atomic E-state index is -0.572. The number of phenols is 1. The van der Waals surface area contributed by atoms with Gasteiger partial charge in [0.05, 0.1) is 6.10 Å². The number of carbonyl (C=O) groups is 1. The molecule has 1 N–H and O–H groups in total. The van der Waals surface area contributed by atoms with Crippen LogP contribution in [-0.2, 0) is 9.53 Å². The number of aromatic hydroxyl groups is 1. The van der Waals surface area contributed by atoms with Gasteiger partial charge in [0, 0.05) is 11.8 Å². The highest BCUT2D eigenvalue weighted by Gasteiger charge is 2.13. The van der Waals surface area contributed by atoms with E-state index in [4.69, 9.17) is 4.74 Å². The van der Waals surface area contributed by atoms with Gasteiger partial charge in [-0.2, -0.15) is 0 Å². The number of benzene rings is 1. The Bertz CT molecular complexity index is 413. The lowest BCUT2D eigenvalue weighted by Gasteiger charge is -2.10. The molecule has 0 aromatic heterocycles. The van der Waals surface area contributed by atoms with Gasteiger partial charge in [0.15, 0.2) is 0 Å². The molecule has 1 rings (SSSR count). The minimum absolute atomic E-state index is 0.140. The van der Waals surface area contributed by atoms with Gasteiger partial charge in [-0.05, 0) is 32.9 Å². The summed E-state index contributed by atoms with van der Waals surface area (Å²) in [4.78, 5) is 15.5. The molecule has 0 aliphatic rings. The first-order valence-corrected chi connectivity index (χ1v) is 5.52. The van der Waals surface area contributed by atoms with Gasteiger partial charge in [0.1, 0.15) is 11.8 Å². The maximum absolute atomic E-state index is 11.5. The third kappa shape index (κ3) is 4.26. The molecular weight excluding hydrogens is 218 g/mol. The Morgan fingerprint density at radius 1 is 1.35 bits per heavy atom. The van der Waals surface area contributed by atoms with Crippen LogP contribution in [0.2, 0.25) is 0 Å². The highest BCUT2D eigenvalue weighted by molar-refractivity contribution is 5.86. The second kappa shape index (κ2) is 6.03. The standard InChI is InChI=1S/C13H17NO3/c1-9(2)17-13(16)10(3)14-8-11-6-4-5-7-12(11)15/h4-10,15H,1-3H3. The molecule has 0 bridgehead atoms. The third-order valence-electron chi connectivity index (χ3n) is 2.07. The molecule has 0 radical (unpaired) electrons. The number of rotatable bonds is 4. The Morgan fingerprint density at radius 3 is 2.59 bits per heavy atom. The highest BCUT2D eigenvalue weighted by atomic mass is 16.5. The number of ether oxygens (including phenoxy) is 1. The first-order valence-electron chi connectivity index (χ1n) is 5.52. The van der Waals surface area contributed by atoms with Gasteiger partial charge in [-0.25, -0.2) is 4.79 Å². The number of esters is 1. The number of carbonyl (C=O) groups excluding carboxylic acids is 1. The van der Waals surface area contributed by atoms with Crippen molar-refractivity contribution < 1.29 is 14.6 Å². The Labute approximate surface area is 101 Å². The number of hydrogen-bond donors (Lipinski definition) is 1. The zero-order chi connectivity index (χ0) is 12.8. The fraction of sp³-hybridized carbons (Fsp3) is 0.385. The van der Waals surface area contributed by atoms with Crippen molar-refractivity contribution in [3.05, 3.63) is 29.8 Å². The van der Waals surface area contributed by atoms with Crippen LogP contribution in [0.15, 0.2) is 29.3 Å². The van der Waals surface area contributed by atoms with Gasteiger partial charge in [-0.1, -0.05) is 12.1 Å². The van der Waals surface area contributed by atoms with Crippen molar-refractivity contribution in [3.63, 3.8) is 0 Å². The van der Waals surface area contributed by atoms with Crippen LogP contribution in [0, 0.1) is 0 Å². The van der Waals surface area contributed by atoms with Gasteiger partial charge in [0.25, 0.3) is 0 Å². The molecular formula is C13H17NO3. The van der Waals surface area contributed by atoms with Crippen molar-refractivity contribution in [3.8, 4) is 5.75 Å². The van der Waals surface area contributed by atoms with Crippen molar-refractivity contribution in [2.24, 2.45) is 4.99 Å². The van der Waals surface area contributed by atoms with Gasteiger partial charge in [-0.3, -0.25) is 4.99 Å². The molecule has 4 heteroatoms. The highest BCUT2D eigenvalue weighted by Crippen LogP contribution is 2.13. The van der Waals surface area contributed by atoms with E-state index in [1.807, 2.05) is 0 Å². The second-order valence-corrected chi connectivity index (χ2v) is 4.00. The molecule has 0 heterocycles. The molecule has 92 valence electrons. The van der Waals surface area contributed by atoms with E-state index in [-0.39, 0.29) is 17.8 Å². The summed E-state index contributed by atoms with van der Waals surface area (Å²) in [6.07, 6.45) is 1.33. The van der Waals surface area contributed by atoms with Gasteiger partial charge in [-0.15, -0.1) is 0 Å². The third-order valence-corrected chi connectivity index (χ3v) is 2.07. The lowest BCUT2D eigenvalue weighted by atomic mass is 10.2. The van der Waals surface area contributed by atoms with Crippen molar-refractivity contribution in [2.75, 3.05) is 0 Å². The zero-order valence-electron chi connectivity index (χ0n) is 10.3. The average Bonchev–Trinajstić information content (AvgIpc) is 2.26. The molecule has 0 aliphatic carbocycles. The smallest absolute Gasteiger partial charge is 0.330 e. The summed E-state index contributed by atoms with van der Waals surface area (Å²) in [6, 6.07) is 6.23. The van der Waals surface area contributed by atoms with Crippen LogP contribution in [0.4, 0.5) is 0 Å². The summed E-state index contributed by atoms with van der Waals surface area (Å²) in [5, 5.41) is 9.50. The van der Waals surface area contributed by atoms with Crippen LogP contribution in [0.25, 0.3) is 0 Å². The molecule has 0 amide bonds. The van der Waals surface area contributed by atoms with E-state index >= 15 is 0 Å². The molecule has 1 unspecified atom stereocenters. The van der Waals surface area contributed by atoms with Crippen molar-refractivity contribution in [2.45, 2.75) is 32.9 Å². The molecule has 0 saturated heterocycles. The van der Waals surface area contributed by atoms with Crippen LogP contribution in [0.1, 0.15) is 26.3 Å². The van der Waals surface area contributed by atoms with E-state index in [0.29, 0.717) is 5.56 Å². The van der Waals surface area contributed by atoms with Crippen molar-refractivity contribution >= 4 is 12.2 Å². The lowest BCUT2D eigenvalue weighted by Crippen LogP contribution is -2.21. The quantitative estimate of drug-likeness (QED) is 0.642. The summed E-state index contributed by atoms with van der Waals surface area (Å²) in [6.45, 7) is 5.23. The Hall–Kier alpha value is -1.84. The van der Waals surface area contributed by atoms with E-state index in [1.165, 1.54) is 6.21 Å². The molecule has 0 saturated carbocycles. The van der Waals surface area contributed by atoms with Crippen LogP contribution in [0.3, 0.4) is 0 Å². The fourth-order valence-electron chi connectivity index (χ4n) is 1.18. The van der Waals surface area contributed by atoms with E-state index in [0.717, 1.165) is 0 Å². The maximum atomic E-state index is 11.5. The monoisotopic (exact) mass is 235 g/mol.